The quantitative estimate of drug-likeness (QED) is 0.594. The number of hydrogen-bond donors (Lipinski definition) is 2. The second-order valence-electron chi connectivity index (χ2n) is 11.5. The molecule has 4 aliphatic rings. The molecule has 1 saturated heterocycles. The molecule has 2 bridgehead atoms. The van der Waals surface area contributed by atoms with Crippen molar-refractivity contribution in [1.29, 1.82) is 0 Å². The van der Waals surface area contributed by atoms with Crippen LogP contribution in [0.15, 0.2) is 54.7 Å². The molecule has 3 fully saturated rings. The second-order valence-corrected chi connectivity index (χ2v) is 11.5. The van der Waals surface area contributed by atoms with E-state index in [0.717, 1.165) is 31.6 Å². The van der Waals surface area contributed by atoms with Crippen LogP contribution in [0.25, 0.3) is 0 Å². The highest BCUT2D eigenvalue weighted by Gasteiger charge is 2.58. The van der Waals surface area contributed by atoms with Crippen molar-refractivity contribution in [3.05, 3.63) is 77.1 Å². The lowest BCUT2D eigenvalue weighted by Crippen LogP contribution is -2.49. The fourth-order valence-corrected chi connectivity index (χ4v) is 7.95. The Balaban J connectivity index is 1.07. The smallest absolute Gasteiger partial charge is 0.115 e. The number of aliphatic hydroxyl groups excluding tert-OH is 1. The van der Waals surface area contributed by atoms with E-state index in [1.165, 1.54) is 48.8 Å². The Hall–Kier alpha value is -2.70. The summed E-state index contributed by atoms with van der Waals surface area (Å²) in [6, 6.07) is 16.0. The molecular formula is C29H34N4O2. The van der Waals surface area contributed by atoms with E-state index in [9.17, 15) is 10.2 Å². The number of aliphatic hydroxyl groups is 1. The molecule has 2 saturated carbocycles. The second kappa shape index (κ2) is 7.90. The maximum Gasteiger partial charge on any atom is 0.115 e. The monoisotopic (exact) mass is 470 g/mol. The van der Waals surface area contributed by atoms with Crippen molar-refractivity contribution in [2.75, 3.05) is 13.1 Å². The highest BCUT2D eigenvalue weighted by molar-refractivity contribution is 5.37. The average molecular weight is 471 g/mol. The number of phenolic OH excluding ortho intramolecular Hbond substituents is 1. The summed E-state index contributed by atoms with van der Waals surface area (Å²) < 4.78 is 1.93. The number of nitrogens with zero attached hydrogens (tertiary/aromatic N) is 4. The molecule has 7 rings (SSSR count). The molecule has 2 aromatic carbocycles. The molecule has 6 heteroatoms. The molecule has 3 aromatic rings. The molecule has 2 N–H and O–H groups in total. The highest BCUT2D eigenvalue weighted by atomic mass is 16.3. The van der Waals surface area contributed by atoms with Crippen LogP contribution in [0.1, 0.15) is 79.3 Å². The Kier molecular flexibility index (Phi) is 4.87. The molecular weight excluding hydrogens is 436 g/mol. The first-order chi connectivity index (χ1) is 17.1. The van der Waals surface area contributed by atoms with Gasteiger partial charge in [-0.3, -0.25) is 4.90 Å². The molecule has 0 radical (unpaired) electrons. The standard InChI is InChI=1S/C29H34N4O2/c34-23-6-3-5-21(16-23)20-8-14-32(15-9-20)29-12-10-28(19-29,11-13-29)26-18-33(31-30-26)27-24-7-2-1-4-22(24)17-25(27)35/h1-7,16,18,20,25,27,34-35H,8-15,17,19H2/t25-,27-,28?,29?/m1/s1. The largest absolute Gasteiger partial charge is 0.508 e. The first-order valence-electron chi connectivity index (χ1n) is 13.3. The van der Waals surface area contributed by atoms with Gasteiger partial charge in [0.1, 0.15) is 11.8 Å². The van der Waals surface area contributed by atoms with Crippen LogP contribution in [-0.4, -0.2) is 54.8 Å². The van der Waals surface area contributed by atoms with Crippen molar-refractivity contribution in [2.45, 2.75) is 80.4 Å². The SMILES string of the molecule is Oc1cccc(C2CCN(C34CCC(c5cn([C@@H]6c7ccccc7C[C@H]6O)nn5)(CC3)C4)CC2)c1. The zero-order valence-corrected chi connectivity index (χ0v) is 20.2. The van der Waals surface area contributed by atoms with Gasteiger partial charge in [0.05, 0.1) is 11.8 Å². The Morgan fingerprint density at radius 1 is 0.943 bits per heavy atom. The third-order valence-corrected chi connectivity index (χ3v) is 9.82. The number of benzene rings is 2. The summed E-state index contributed by atoms with van der Waals surface area (Å²) >= 11 is 0. The van der Waals surface area contributed by atoms with Gasteiger partial charge in [-0.2, -0.15) is 0 Å². The van der Waals surface area contributed by atoms with Gasteiger partial charge in [0.2, 0.25) is 0 Å². The molecule has 6 nitrogen and oxygen atoms in total. The number of piperidine rings is 1. The molecule has 1 aromatic heterocycles. The van der Waals surface area contributed by atoms with Crippen LogP contribution < -0.4 is 0 Å². The number of aromatic nitrogens is 3. The van der Waals surface area contributed by atoms with Crippen LogP contribution in [0.4, 0.5) is 0 Å². The summed E-state index contributed by atoms with van der Waals surface area (Å²) in [5.74, 6) is 0.921. The lowest BCUT2D eigenvalue weighted by atomic mass is 9.81. The van der Waals surface area contributed by atoms with Crippen molar-refractivity contribution in [3.63, 3.8) is 0 Å². The van der Waals surface area contributed by atoms with Gasteiger partial charge in [-0.25, -0.2) is 4.68 Å². The zero-order valence-electron chi connectivity index (χ0n) is 20.2. The fourth-order valence-electron chi connectivity index (χ4n) is 7.95. The lowest BCUT2D eigenvalue weighted by molar-refractivity contribution is 0.0669. The minimum Gasteiger partial charge on any atom is -0.508 e. The number of likely N-dealkylation sites (tertiary alicyclic amines) is 1. The maximum absolute atomic E-state index is 10.8. The van der Waals surface area contributed by atoms with Gasteiger partial charge in [-0.05, 0) is 92.8 Å². The molecule has 35 heavy (non-hydrogen) atoms. The van der Waals surface area contributed by atoms with Crippen LogP contribution in [0.2, 0.25) is 0 Å². The lowest BCUT2D eigenvalue weighted by Gasteiger charge is -2.44. The predicted molar refractivity (Wildman–Crippen MR) is 133 cm³/mol. The van der Waals surface area contributed by atoms with Crippen LogP contribution in [0.3, 0.4) is 0 Å². The van der Waals surface area contributed by atoms with Gasteiger partial charge >= 0.3 is 0 Å². The number of aromatic hydroxyl groups is 1. The van der Waals surface area contributed by atoms with Crippen molar-refractivity contribution in [3.8, 4) is 5.75 Å². The van der Waals surface area contributed by atoms with Gasteiger partial charge in [0.25, 0.3) is 0 Å². The summed E-state index contributed by atoms with van der Waals surface area (Å²) in [7, 11) is 0. The summed E-state index contributed by atoms with van der Waals surface area (Å²) in [5.41, 5.74) is 5.23. The van der Waals surface area contributed by atoms with Crippen molar-refractivity contribution >= 4 is 0 Å². The molecule has 3 aliphatic carbocycles. The number of rotatable bonds is 4. The Morgan fingerprint density at radius 3 is 2.54 bits per heavy atom. The van der Waals surface area contributed by atoms with Gasteiger partial charge in [-0.1, -0.05) is 41.6 Å². The van der Waals surface area contributed by atoms with Crippen LogP contribution >= 0.6 is 0 Å². The van der Waals surface area contributed by atoms with E-state index in [0.29, 0.717) is 23.6 Å². The molecule has 0 amide bonds. The van der Waals surface area contributed by atoms with Crippen molar-refractivity contribution in [1.82, 2.24) is 19.9 Å². The first-order valence-corrected chi connectivity index (χ1v) is 13.3. The number of phenols is 1. The van der Waals surface area contributed by atoms with Crippen molar-refractivity contribution in [2.24, 2.45) is 0 Å². The fraction of sp³-hybridized carbons (Fsp3) is 0.517. The molecule has 182 valence electrons. The maximum atomic E-state index is 10.8. The van der Waals surface area contributed by atoms with E-state index in [1.807, 2.05) is 28.9 Å². The minimum absolute atomic E-state index is 0.128. The predicted octanol–water partition coefficient (Wildman–Crippen LogP) is 4.32. The third kappa shape index (κ3) is 3.37. The molecule has 2 atom stereocenters. The van der Waals surface area contributed by atoms with Gasteiger partial charge in [-0.15, -0.1) is 5.10 Å². The average Bonchev–Trinajstić information content (AvgIpc) is 3.66. The Morgan fingerprint density at radius 2 is 1.74 bits per heavy atom. The van der Waals surface area contributed by atoms with Gasteiger partial charge < -0.3 is 10.2 Å². The van der Waals surface area contributed by atoms with E-state index in [1.54, 1.807) is 6.07 Å². The van der Waals surface area contributed by atoms with E-state index in [2.05, 4.69) is 34.5 Å². The summed E-state index contributed by atoms with van der Waals surface area (Å²) in [5, 5.41) is 30.0. The first kappa shape index (κ1) is 21.6. The molecule has 1 aliphatic heterocycles. The number of hydrogen-bond acceptors (Lipinski definition) is 5. The molecule has 2 heterocycles. The van der Waals surface area contributed by atoms with E-state index in [4.69, 9.17) is 5.10 Å². The Labute approximate surface area is 206 Å². The van der Waals surface area contributed by atoms with E-state index < -0.39 is 6.10 Å². The van der Waals surface area contributed by atoms with Crippen LogP contribution in [0.5, 0.6) is 5.75 Å². The topological polar surface area (TPSA) is 74.4 Å². The van der Waals surface area contributed by atoms with E-state index >= 15 is 0 Å². The highest BCUT2D eigenvalue weighted by Crippen LogP contribution is 2.60. The summed E-state index contributed by atoms with van der Waals surface area (Å²) in [6.07, 6.45) is 10.7. The van der Waals surface area contributed by atoms with Gasteiger partial charge in [0, 0.05) is 23.6 Å². The van der Waals surface area contributed by atoms with Gasteiger partial charge in [0.15, 0.2) is 0 Å². The molecule has 0 spiro atoms. The Bertz CT molecular complexity index is 1240. The van der Waals surface area contributed by atoms with Crippen molar-refractivity contribution < 1.29 is 10.2 Å². The zero-order chi connectivity index (χ0) is 23.6. The normalized spacial score (nSPS) is 32.8. The third-order valence-electron chi connectivity index (χ3n) is 9.82. The minimum atomic E-state index is -0.446. The summed E-state index contributed by atoms with van der Waals surface area (Å²) in [4.78, 5) is 2.78. The van der Waals surface area contributed by atoms with Crippen LogP contribution in [0, 0.1) is 0 Å². The molecule has 0 unspecified atom stereocenters. The van der Waals surface area contributed by atoms with Crippen LogP contribution in [-0.2, 0) is 11.8 Å². The summed E-state index contributed by atoms with van der Waals surface area (Å²) in [6.45, 7) is 2.27. The van der Waals surface area contributed by atoms with E-state index in [-0.39, 0.29) is 11.5 Å². The number of fused-ring (bicyclic) bond motifs is 3.